The van der Waals surface area contributed by atoms with E-state index in [4.69, 9.17) is 10.5 Å². The number of carbonyl (C=O) groups excluding carboxylic acids is 1. The van der Waals surface area contributed by atoms with Gasteiger partial charge in [-0.1, -0.05) is 17.3 Å². The molecule has 166 valence electrons. The second-order valence-corrected chi connectivity index (χ2v) is 6.71. The van der Waals surface area contributed by atoms with Gasteiger partial charge in [0.25, 0.3) is 11.6 Å². The molecule has 3 heterocycles. The van der Waals surface area contributed by atoms with Gasteiger partial charge in [-0.3, -0.25) is 19.8 Å². The number of hydrogen-bond donors (Lipinski definition) is 2. The zero-order chi connectivity index (χ0) is 22.5. The van der Waals surface area contributed by atoms with Crippen molar-refractivity contribution in [3.63, 3.8) is 0 Å². The fourth-order valence-corrected chi connectivity index (χ4v) is 3.04. The first-order valence-electron chi connectivity index (χ1n) is 9.44. The summed E-state index contributed by atoms with van der Waals surface area (Å²) in [5.41, 5.74) is 8.91. The van der Waals surface area contributed by atoms with E-state index in [2.05, 4.69) is 40.7 Å². The summed E-state index contributed by atoms with van der Waals surface area (Å²) in [6.07, 6.45) is 1.29. The molecule has 32 heavy (non-hydrogen) atoms. The first-order valence-corrected chi connectivity index (χ1v) is 9.44. The van der Waals surface area contributed by atoms with Gasteiger partial charge in [-0.2, -0.15) is 9.78 Å². The number of non-ortho nitro benzene ring substituents is 1. The number of ether oxygens (including phenoxy) is 1. The number of hydrogen-bond acceptors (Lipinski definition) is 12. The third-order valence-corrected chi connectivity index (χ3v) is 4.61. The maximum atomic E-state index is 12.8. The van der Waals surface area contributed by atoms with Gasteiger partial charge in [0.1, 0.15) is 0 Å². The van der Waals surface area contributed by atoms with E-state index >= 15 is 0 Å². The number of nitrogens with zero attached hydrogens (tertiary/aromatic N) is 8. The van der Waals surface area contributed by atoms with Crippen LogP contribution in [-0.4, -0.2) is 73.6 Å². The number of nitro benzene ring substituents is 1. The molecule has 4 rings (SSSR count). The van der Waals surface area contributed by atoms with Crippen molar-refractivity contribution in [2.24, 2.45) is 5.10 Å². The first kappa shape index (κ1) is 21.0. The smallest absolute Gasteiger partial charge is 0.293 e. The molecule has 15 nitrogen and oxygen atoms in total. The fourth-order valence-electron chi connectivity index (χ4n) is 3.04. The van der Waals surface area contributed by atoms with Gasteiger partial charge in [0.15, 0.2) is 5.69 Å². The Balaban J connectivity index is 1.56. The Morgan fingerprint density at radius 2 is 2.16 bits per heavy atom. The van der Waals surface area contributed by atoms with E-state index in [9.17, 15) is 14.9 Å². The molecule has 1 aromatic carbocycles. The van der Waals surface area contributed by atoms with Crippen LogP contribution in [0.3, 0.4) is 0 Å². The van der Waals surface area contributed by atoms with E-state index in [1.807, 2.05) is 0 Å². The van der Waals surface area contributed by atoms with Crippen molar-refractivity contribution >= 4 is 23.6 Å². The summed E-state index contributed by atoms with van der Waals surface area (Å²) >= 11 is 0. The van der Waals surface area contributed by atoms with E-state index < -0.39 is 10.8 Å². The van der Waals surface area contributed by atoms with Gasteiger partial charge in [0, 0.05) is 37.3 Å². The number of amides is 1. The lowest BCUT2D eigenvalue weighted by atomic mass is 10.2. The third kappa shape index (κ3) is 4.57. The predicted molar refractivity (Wildman–Crippen MR) is 108 cm³/mol. The van der Waals surface area contributed by atoms with Gasteiger partial charge in [-0.25, -0.2) is 10.1 Å². The molecule has 3 N–H and O–H groups in total. The van der Waals surface area contributed by atoms with Crippen molar-refractivity contribution < 1.29 is 19.1 Å². The zero-order valence-electron chi connectivity index (χ0n) is 16.6. The summed E-state index contributed by atoms with van der Waals surface area (Å²) in [4.78, 5) is 25.2. The molecule has 1 aliphatic rings. The summed E-state index contributed by atoms with van der Waals surface area (Å²) < 4.78 is 11.3. The van der Waals surface area contributed by atoms with Crippen molar-refractivity contribution in [3.05, 3.63) is 51.3 Å². The highest BCUT2D eigenvalue weighted by atomic mass is 16.6. The Labute approximate surface area is 179 Å². The van der Waals surface area contributed by atoms with Gasteiger partial charge < -0.3 is 10.5 Å². The molecule has 0 aliphatic carbocycles. The van der Waals surface area contributed by atoms with Crippen molar-refractivity contribution in [1.29, 1.82) is 0 Å². The van der Waals surface area contributed by atoms with Crippen LogP contribution in [0.25, 0.3) is 5.82 Å². The number of nitrogens with two attached hydrogens (primary N) is 1. The van der Waals surface area contributed by atoms with E-state index in [0.717, 1.165) is 0 Å². The van der Waals surface area contributed by atoms with Crippen LogP contribution in [0, 0.1) is 10.1 Å². The number of aromatic nitrogens is 5. The highest BCUT2D eigenvalue weighted by Gasteiger charge is 2.26. The predicted octanol–water partition coefficient (Wildman–Crippen LogP) is -0.263. The average Bonchev–Trinajstić information content (AvgIpc) is 3.40. The number of nitrogens with one attached hydrogen (secondary N) is 1. The molecular formula is C17H18N10O5. The highest BCUT2D eigenvalue weighted by molar-refractivity contribution is 5.94. The average molecular weight is 442 g/mol. The van der Waals surface area contributed by atoms with Crippen LogP contribution >= 0.6 is 0 Å². The second-order valence-electron chi connectivity index (χ2n) is 6.71. The van der Waals surface area contributed by atoms with Crippen molar-refractivity contribution in [2.45, 2.75) is 6.54 Å². The minimum Gasteiger partial charge on any atom is -0.379 e. The Morgan fingerprint density at radius 1 is 1.34 bits per heavy atom. The quantitative estimate of drug-likeness (QED) is 0.278. The molecule has 3 aromatic rings. The maximum Gasteiger partial charge on any atom is 0.293 e. The Hall–Kier alpha value is -4.24. The van der Waals surface area contributed by atoms with Gasteiger partial charge >= 0.3 is 0 Å². The highest BCUT2D eigenvalue weighted by Crippen LogP contribution is 2.18. The Kier molecular flexibility index (Phi) is 6.09. The number of benzene rings is 1. The molecule has 0 radical (unpaired) electrons. The number of hydrazone groups is 1. The molecule has 0 bridgehead atoms. The van der Waals surface area contributed by atoms with Gasteiger partial charge in [0.05, 0.1) is 30.0 Å². The first-order chi connectivity index (χ1) is 15.5. The molecule has 1 fully saturated rings. The maximum absolute atomic E-state index is 12.8. The minimum atomic E-state index is -0.629. The van der Waals surface area contributed by atoms with Crippen LogP contribution in [0.5, 0.6) is 0 Å². The third-order valence-electron chi connectivity index (χ3n) is 4.61. The molecule has 0 atom stereocenters. The molecular weight excluding hydrogens is 424 g/mol. The van der Waals surface area contributed by atoms with E-state index in [1.54, 1.807) is 6.07 Å². The minimum absolute atomic E-state index is 0.00576. The van der Waals surface area contributed by atoms with Crippen LogP contribution in [0.15, 0.2) is 34.0 Å². The fraction of sp³-hybridized carbons (Fsp3) is 0.294. The number of nitrogen functional groups attached to an aromatic ring is 1. The topological polar surface area (TPSA) is 193 Å². The van der Waals surface area contributed by atoms with E-state index in [0.29, 0.717) is 44.1 Å². The summed E-state index contributed by atoms with van der Waals surface area (Å²) in [5, 5.41) is 29.9. The molecule has 1 amide bonds. The molecule has 1 saturated heterocycles. The summed E-state index contributed by atoms with van der Waals surface area (Å²) in [7, 11) is 0. The second kappa shape index (κ2) is 9.27. The molecule has 15 heteroatoms. The molecule has 1 aliphatic heterocycles. The number of carbonyl (C=O) groups is 1. The van der Waals surface area contributed by atoms with Crippen molar-refractivity contribution in [3.8, 4) is 5.82 Å². The Bertz CT molecular complexity index is 1150. The van der Waals surface area contributed by atoms with Gasteiger partial charge in [0.2, 0.25) is 11.6 Å². The van der Waals surface area contributed by atoms with Crippen LogP contribution in [-0.2, 0) is 11.3 Å². The molecule has 2 aromatic heterocycles. The number of anilines is 1. The number of nitro groups is 1. The van der Waals surface area contributed by atoms with Gasteiger partial charge in [-0.15, -0.1) is 5.10 Å². The molecule has 0 saturated carbocycles. The van der Waals surface area contributed by atoms with Crippen LogP contribution < -0.4 is 11.2 Å². The SMILES string of the molecule is Nc1nonc1-n1nnc(C(=O)N/N=C/c2cccc([N+](=O)[O-])c2)c1CN1CCOCC1. The monoisotopic (exact) mass is 442 g/mol. The van der Waals surface area contributed by atoms with Crippen LogP contribution in [0.4, 0.5) is 11.5 Å². The van der Waals surface area contributed by atoms with Crippen LogP contribution in [0.2, 0.25) is 0 Å². The lowest BCUT2D eigenvalue weighted by Gasteiger charge is -2.26. The Morgan fingerprint density at radius 3 is 2.88 bits per heavy atom. The number of rotatable bonds is 7. The number of morpholine rings is 1. The van der Waals surface area contributed by atoms with Crippen molar-refractivity contribution in [1.82, 2.24) is 35.6 Å². The largest absolute Gasteiger partial charge is 0.379 e. The lowest BCUT2D eigenvalue weighted by molar-refractivity contribution is -0.384. The summed E-state index contributed by atoms with van der Waals surface area (Å²) in [5.74, 6) is -0.523. The molecule has 0 unspecified atom stereocenters. The standard InChI is InChI=1S/C17H18N10O5/c18-15-16(23-32-22-15)26-13(10-25-4-6-31-7-5-25)14(20-24-26)17(28)21-19-9-11-2-1-3-12(8-11)27(29)30/h1-3,8-9H,4-7,10H2,(H2,18,22)(H,21,28)/b19-9+. The van der Waals surface area contributed by atoms with Crippen molar-refractivity contribution in [2.75, 3.05) is 32.0 Å². The summed E-state index contributed by atoms with van der Waals surface area (Å²) in [6.45, 7) is 2.75. The van der Waals surface area contributed by atoms with E-state index in [-0.39, 0.29) is 23.0 Å². The van der Waals surface area contributed by atoms with Gasteiger partial charge in [-0.05, 0) is 10.3 Å². The lowest BCUT2D eigenvalue weighted by Crippen LogP contribution is -2.37. The normalized spacial score (nSPS) is 14.6. The summed E-state index contributed by atoms with van der Waals surface area (Å²) in [6, 6.07) is 5.82. The van der Waals surface area contributed by atoms with E-state index in [1.165, 1.54) is 29.1 Å². The molecule has 0 spiro atoms. The van der Waals surface area contributed by atoms with Crippen LogP contribution in [0.1, 0.15) is 21.7 Å². The zero-order valence-corrected chi connectivity index (χ0v) is 16.6.